The summed E-state index contributed by atoms with van der Waals surface area (Å²) in [5.41, 5.74) is 2.35. The van der Waals surface area contributed by atoms with Crippen LogP contribution >= 0.6 is 34.5 Å². The summed E-state index contributed by atoms with van der Waals surface area (Å²) >= 11 is 13.5. The molecule has 0 radical (unpaired) electrons. The molecular formula is C13H14Cl2N2S. The highest BCUT2D eigenvalue weighted by molar-refractivity contribution is 7.20. The number of pyridine rings is 1. The summed E-state index contributed by atoms with van der Waals surface area (Å²) in [7, 11) is 0. The van der Waals surface area contributed by atoms with Gasteiger partial charge in [0.05, 0.1) is 8.67 Å². The van der Waals surface area contributed by atoms with Gasteiger partial charge < -0.3 is 5.32 Å². The second-order valence-corrected chi connectivity index (χ2v) is 6.35. The van der Waals surface area contributed by atoms with Crippen molar-refractivity contribution in [1.82, 2.24) is 10.3 Å². The molecule has 0 saturated heterocycles. The van der Waals surface area contributed by atoms with Crippen LogP contribution in [0.25, 0.3) is 0 Å². The summed E-state index contributed by atoms with van der Waals surface area (Å²) in [6.07, 6.45) is 4.60. The number of thiophene rings is 1. The molecule has 96 valence electrons. The monoisotopic (exact) mass is 300 g/mol. The first-order valence-electron chi connectivity index (χ1n) is 5.74. The van der Waals surface area contributed by atoms with E-state index < -0.39 is 0 Å². The highest BCUT2D eigenvalue weighted by Gasteiger charge is 2.12. The molecule has 0 aliphatic heterocycles. The minimum absolute atomic E-state index is 0.211. The Balaban J connectivity index is 1.85. The van der Waals surface area contributed by atoms with Crippen molar-refractivity contribution in [1.29, 1.82) is 0 Å². The molecule has 0 aromatic carbocycles. The van der Waals surface area contributed by atoms with Crippen molar-refractivity contribution in [3.63, 3.8) is 0 Å². The Kier molecular flexibility index (Phi) is 5.01. The van der Waals surface area contributed by atoms with Gasteiger partial charge in [0.15, 0.2) is 0 Å². The standard InChI is InChI=1S/C13H14Cl2N2S/c1-9(11-8-12(14)18-13(11)15)17-7-4-10-2-5-16-6-3-10/h2-3,5-6,8-9,17H,4,7H2,1H3. The second-order valence-electron chi connectivity index (χ2n) is 4.06. The molecule has 0 amide bonds. The van der Waals surface area contributed by atoms with E-state index in [9.17, 15) is 0 Å². The molecule has 0 aliphatic carbocycles. The second kappa shape index (κ2) is 6.53. The highest BCUT2D eigenvalue weighted by atomic mass is 35.5. The van der Waals surface area contributed by atoms with Crippen LogP contribution in [0, 0.1) is 0 Å². The average molecular weight is 301 g/mol. The van der Waals surface area contributed by atoms with Crippen LogP contribution in [-0.2, 0) is 6.42 Å². The largest absolute Gasteiger partial charge is 0.310 e. The molecular weight excluding hydrogens is 287 g/mol. The van der Waals surface area contributed by atoms with E-state index in [1.165, 1.54) is 16.9 Å². The zero-order chi connectivity index (χ0) is 13.0. The molecule has 2 heterocycles. The topological polar surface area (TPSA) is 24.9 Å². The van der Waals surface area contributed by atoms with Crippen LogP contribution in [0.5, 0.6) is 0 Å². The van der Waals surface area contributed by atoms with Gasteiger partial charge in [0.2, 0.25) is 0 Å². The third kappa shape index (κ3) is 3.69. The molecule has 1 N–H and O–H groups in total. The Morgan fingerprint density at radius 2 is 2.06 bits per heavy atom. The van der Waals surface area contributed by atoms with Gasteiger partial charge >= 0.3 is 0 Å². The van der Waals surface area contributed by atoms with E-state index in [-0.39, 0.29) is 6.04 Å². The first kappa shape index (κ1) is 13.8. The number of rotatable bonds is 5. The third-order valence-corrected chi connectivity index (χ3v) is 4.28. The number of hydrogen-bond donors (Lipinski definition) is 1. The van der Waals surface area contributed by atoms with Gasteiger partial charge in [-0.1, -0.05) is 23.2 Å². The minimum atomic E-state index is 0.211. The van der Waals surface area contributed by atoms with Crippen LogP contribution in [0.3, 0.4) is 0 Å². The Bertz CT molecular complexity index is 499. The normalized spacial score (nSPS) is 12.6. The summed E-state index contributed by atoms with van der Waals surface area (Å²) in [5, 5.41) is 3.44. The van der Waals surface area contributed by atoms with Crippen molar-refractivity contribution >= 4 is 34.5 Å². The zero-order valence-electron chi connectivity index (χ0n) is 9.99. The van der Waals surface area contributed by atoms with Crippen molar-refractivity contribution in [2.75, 3.05) is 6.54 Å². The Morgan fingerprint density at radius 1 is 1.33 bits per heavy atom. The third-order valence-electron chi connectivity index (χ3n) is 2.76. The van der Waals surface area contributed by atoms with Gasteiger partial charge in [0.25, 0.3) is 0 Å². The summed E-state index contributed by atoms with van der Waals surface area (Å²) in [4.78, 5) is 4.00. The lowest BCUT2D eigenvalue weighted by Crippen LogP contribution is -2.21. The fraction of sp³-hybridized carbons (Fsp3) is 0.308. The Morgan fingerprint density at radius 3 is 2.67 bits per heavy atom. The van der Waals surface area contributed by atoms with Crippen molar-refractivity contribution in [3.8, 4) is 0 Å². The van der Waals surface area contributed by atoms with E-state index in [0.717, 1.165) is 27.2 Å². The van der Waals surface area contributed by atoms with Crippen LogP contribution in [0.15, 0.2) is 30.6 Å². The fourth-order valence-corrected chi connectivity index (χ4v) is 3.39. The number of nitrogens with one attached hydrogen (secondary N) is 1. The number of hydrogen-bond acceptors (Lipinski definition) is 3. The lowest BCUT2D eigenvalue weighted by atomic mass is 10.1. The van der Waals surface area contributed by atoms with Crippen LogP contribution in [0.2, 0.25) is 8.67 Å². The number of aromatic nitrogens is 1. The van der Waals surface area contributed by atoms with E-state index in [4.69, 9.17) is 23.2 Å². The van der Waals surface area contributed by atoms with E-state index >= 15 is 0 Å². The van der Waals surface area contributed by atoms with Gasteiger partial charge in [0, 0.05) is 18.4 Å². The van der Waals surface area contributed by atoms with Crippen molar-refractivity contribution in [2.24, 2.45) is 0 Å². The molecule has 18 heavy (non-hydrogen) atoms. The SMILES string of the molecule is CC(NCCc1ccncc1)c1cc(Cl)sc1Cl. The van der Waals surface area contributed by atoms with Gasteiger partial charge in [-0.25, -0.2) is 0 Å². The lowest BCUT2D eigenvalue weighted by molar-refractivity contribution is 0.578. The number of halogens is 2. The van der Waals surface area contributed by atoms with Gasteiger partial charge in [-0.3, -0.25) is 4.98 Å². The molecule has 2 rings (SSSR count). The van der Waals surface area contributed by atoms with E-state index in [2.05, 4.69) is 17.2 Å². The van der Waals surface area contributed by atoms with Crippen molar-refractivity contribution in [3.05, 3.63) is 50.4 Å². The lowest BCUT2D eigenvalue weighted by Gasteiger charge is -2.13. The molecule has 0 spiro atoms. The molecule has 2 nitrogen and oxygen atoms in total. The quantitative estimate of drug-likeness (QED) is 0.888. The van der Waals surface area contributed by atoms with Crippen LogP contribution in [0.4, 0.5) is 0 Å². The molecule has 0 bridgehead atoms. The van der Waals surface area contributed by atoms with Crippen LogP contribution in [0.1, 0.15) is 24.1 Å². The first-order chi connectivity index (χ1) is 8.66. The predicted octanol–water partition coefficient (Wildman–Crippen LogP) is 4.34. The maximum Gasteiger partial charge on any atom is 0.0991 e. The molecule has 0 fully saturated rings. The van der Waals surface area contributed by atoms with Gasteiger partial charge in [0.1, 0.15) is 0 Å². The maximum absolute atomic E-state index is 6.12. The molecule has 1 unspecified atom stereocenters. The van der Waals surface area contributed by atoms with Gasteiger partial charge in [-0.05, 0) is 49.2 Å². The van der Waals surface area contributed by atoms with E-state index in [0.29, 0.717) is 0 Å². The summed E-state index contributed by atoms with van der Waals surface area (Å²) in [5.74, 6) is 0. The number of nitrogens with zero attached hydrogens (tertiary/aromatic N) is 1. The minimum Gasteiger partial charge on any atom is -0.310 e. The predicted molar refractivity (Wildman–Crippen MR) is 78.7 cm³/mol. The Hall–Kier alpha value is -0.610. The molecule has 2 aromatic heterocycles. The smallest absolute Gasteiger partial charge is 0.0991 e. The van der Waals surface area contributed by atoms with E-state index in [1.807, 2.05) is 30.6 Å². The summed E-state index contributed by atoms with van der Waals surface area (Å²) in [6.45, 7) is 2.99. The van der Waals surface area contributed by atoms with Crippen LogP contribution in [-0.4, -0.2) is 11.5 Å². The van der Waals surface area contributed by atoms with E-state index in [1.54, 1.807) is 0 Å². The first-order valence-corrected chi connectivity index (χ1v) is 7.31. The molecule has 2 aromatic rings. The summed E-state index contributed by atoms with van der Waals surface area (Å²) in [6, 6.07) is 6.20. The van der Waals surface area contributed by atoms with Crippen LogP contribution < -0.4 is 5.32 Å². The molecule has 5 heteroatoms. The van der Waals surface area contributed by atoms with Crippen molar-refractivity contribution < 1.29 is 0 Å². The van der Waals surface area contributed by atoms with Crippen molar-refractivity contribution in [2.45, 2.75) is 19.4 Å². The average Bonchev–Trinajstić information content (AvgIpc) is 2.70. The molecule has 1 atom stereocenters. The highest BCUT2D eigenvalue weighted by Crippen LogP contribution is 2.34. The maximum atomic E-state index is 6.12. The fourth-order valence-electron chi connectivity index (χ4n) is 1.74. The summed E-state index contributed by atoms with van der Waals surface area (Å²) < 4.78 is 1.50. The van der Waals surface area contributed by atoms with Gasteiger partial charge in [-0.15, -0.1) is 11.3 Å². The molecule has 0 saturated carbocycles. The Labute approximate surface area is 121 Å². The van der Waals surface area contributed by atoms with Gasteiger partial charge in [-0.2, -0.15) is 0 Å². The molecule has 0 aliphatic rings. The zero-order valence-corrected chi connectivity index (χ0v) is 12.3.